The number of rotatable bonds is 4. The molecule has 2 amide bonds. The third kappa shape index (κ3) is 3.51. The summed E-state index contributed by atoms with van der Waals surface area (Å²) in [4.78, 5) is 16.5. The quantitative estimate of drug-likeness (QED) is 0.749. The SMILES string of the molecule is COc1cccc(Cl)c1CNC(=O)Nc1cnc2c(c1)c(C)nn2C. The number of urea groups is 1. The number of nitrogens with one attached hydrogen (secondary N) is 2. The minimum absolute atomic E-state index is 0.246. The molecule has 0 aliphatic heterocycles. The van der Waals surface area contributed by atoms with Gasteiger partial charge in [-0.2, -0.15) is 5.10 Å². The molecule has 0 unspecified atom stereocenters. The van der Waals surface area contributed by atoms with Crippen LogP contribution in [0.5, 0.6) is 5.75 Å². The Balaban J connectivity index is 1.70. The molecule has 25 heavy (non-hydrogen) atoms. The number of carbonyl (C=O) groups is 1. The summed E-state index contributed by atoms with van der Waals surface area (Å²) in [6.45, 7) is 2.15. The highest BCUT2D eigenvalue weighted by molar-refractivity contribution is 6.31. The molecule has 0 saturated carbocycles. The summed E-state index contributed by atoms with van der Waals surface area (Å²) in [7, 11) is 3.39. The summed E-state index contributed by atoms with van der Waals surface area (Å²) in [5.41, 5.74) is 2.94. The van der Waals surface area contributed by atoms with E-state index in [1.807, 2.05) is 20.0 Å². The van der Waals surface area contributed by atoms with Crippen LogP contribution in [0.25, 0.3) is 11.0 Å². The van der Waals surface area contributed by atoms with Gasteiger partial charge in [-0.05, 0) is 25.1 Å². The van der Waals surface area contributed by atoms with E-state index < -0.39 is 0 Å². The molecule has 2 aromatic heterocycles. The van der Waals surface area contributed by atoms with Crippen molar-refractivity contribution in [1.29, 1.82) is 0 Å². The Morgan fingerprint density at radius 3 is 2.96 bits per heavy atom. The van der Waals surface area contributed by atoms with Gasteiger partial charge in [-0.3, -0.25) is 4.68 Å². The number of benzene rings is 1. The number of nitrogens with zero attached hydrogens (tertiary/aromatic N) is 3. The predicted octanol–water partition coefficient (Wildman–Crippen LogP) is 3.26. The summed E-state index contributed by atoms with van der Waals surface area (Å²) in [5.74, 6) is 0.627. The van der Waals surface area contributed by atoms with Crippen molar-refractivity contribution in [2.45, 2.75) is 13.5 Å². The number of pyridine rings is 1. The Labute approximate surface area is 149 Å². The highest BCUT2D eigenvalue weighted by Crippen LogP contribution is 2.26. The van der Waals surface area contributed by atoms with Crippen LogP contribution in [0.1, 0.15) is 11.3 Å². The topological polar surface area (TPSA) is 81.1 Å². The van der Waals surface area contributed by atoms with Gasteiger partial charge in [0.15, 0.2) is 5.65 Å². The lowest BCUT2D eigenvalue weighted by atomic mass is 10.2. The van der Waals surface area contributed by atoms with Crippen LogP contribution in [0.2, 0.25) is 5.02 Å². The van der Waals surface area contributed by atoms with Gasteiger partial charge in [0.25, 0.3) is 0 Å². The Bertz CT molecular complexity index is 938. The van der Waals surface area contributed by atoms with Crippen molar-refractivity contribution in [2.75, 3.05) is 12.4 Å². The van der Waals surface area contributed by atoms with Crippen LogP contribution >= 0.6 is 11.6 Å². The van der Waals surface area contributed by atoms with E-state index in [2.05, 4.69) is 20.7 Å². The van der Waals surface area contributed by atoms with Crippen LogP contribution in [-0.2, 0) is 13.6 Å². The normalized spacial score (nSPS) is 10.7. The second-order valence-corrected chi connectivity index (χ2v) is 5.94. The van der Waals surface area contributed by atoms with E-state index in [-0.39, 0.29) is 12.6 Å². The zero-order valence-electron chi connectivity index (χ0n) is 14.1. The molecule has 2 N–H and O–H groups in total. The highest BCUT2D eigenvalue weighted by Gasteiger charge is 2.11. The summed E-state index contributed by atoms with van der Waals surface area (Å²) in [6.07, 6.45) is 1.60. The van der Waals surface area contributed by atoms with E-state index in [1.54, 1.807) is 36.2 Å². The van der Waals surface area contributed by atoms with Gasteiger partial charge in [-0.1, -0.05) is 17.7 Å². The zero-order chi connectivity index (χ0) is 18.0. The number of aryl methyl sites for hydroxylation is 2. The van der Waals surface area contributed by atoms with Crippen molar-refractivity contribution in [3.05, 3.63) is 46.7 Å². The first-order valence-electron chi connectivity index (χ1n) is 7.65. The summed E-state index contributed by atoms with van der Waals surface area (Å²) < 4.78 is 6.97. The molecular weight excluding hydrogens is 342 g/mol. The number of carbonyl (C=O) groups excluding carboxylic acids is 1. The van der Waals surface area contributed by atoms with Crippen LogP contribution in [0.15, 0.2) is 30.5 Å². The fourth-order valence-corrected chi connectivity index (χ4v) is 2.85. The van der Waals surface area contributed by atoms with E-state index in [1.165, 1.54) is 0 Å². The monoisotopic (exact) mass is 359 g/mol. The number of methoxy groups -OCH3 is 1. The Kier molecular flexibility index (Phi) is 4.76. The summed E-state index contributed by atoms with van der Waals surface area (Å²) in [6, 6.07) is 6.83. The minimum Gasteiger partial charge on any atom is -0.496 e. The first-order valence-corrected chi connectivity index (χ1v) is 8.03. The van der Waals surface area contributed by atoms with Gasteiger partial charge in [0.2, 0.25) is 0 Å². The first-order chi connectivity index (χ1) is 12.0. The van der Waals surface area contributed by atoms with E-state index in [4.69, 9.17) is 16.3 Å². The first kappa shape index (κ1) is 17.0. The zero-order valence-corrected chi connectivity index (χ0v) is 14.9. The molecule has 0 atom stereocenters. The molecule has 0 bridgehead atoms. The lowest BCUT2D eigenvalue weighted by Crippen LogP contribution is -2.28. The number of aromatic nitrogens is 3. The van der Waals surface area contributed by atoms with Gasteiger partial charge in [0, 0.05) is 29.6 Å². The molecule has 0 aliphatic rings. The summed E-state index contributed by atoms with van der Waals surface area (Å²) >= 11 is 6.17. The third-order valence-electron chi connectivity index (χ3n) is 3.84. The summed E-state index contributed by atoms with van der Waals surface area (Å²) in [5, 5.41) is 11.3. The largest absolute Gasteiger partial charge is 0.496 e. The molecule has 1 aromatic carbocycles. The number of anilines is 1. The maximum Gasteiger partial charge on any atom is 0.319 e. The number of fused-ring (bicyclic) bond motifs is 1. The smallest absolute Gasteiger partial charge is 0.319 e. The van der Waals surface area contributed by atoms with Gasteiger partial charge in [-0.15, -0.1) is 0 Å². The van der Waals surface area contributed by atoms with Crippen LogP contribution in [0.3, 0.4) is 0 Å². The van der Waals surface area contributed by atoms with Crippen LogP contribution in [0, 0.1) is 6.92 Å². The fraction of sp³-hybridized carbons (Fsp3) is 0.235. The molecule has 7 nitrogen and oxygen atoms in total. The van der Waals surface area contributed by atoms with E-state index >= 15 is 0 Å². The molecule has 0 aliphatic carbocycles. The minimum atomic E-state index is -0.357. The maximum atomic E-state index is 12.2. The van der Waals surface area contributed by atoms with Crippen molar-refractivity contribution in [2.24, 2.45) is 7.05 Å². The molecule has 0 spiro atoms. The number of hydrogen-bond donors (Lipinski definition) is 2. The van der Waals surface area contributed by atoms with Crippen molar-refractivity contribution < 1.29 is 9.53 Å². The van der Waals surface area contributed by atoms with Crippen LogP contribution in [0.4, 0.5) is 10.5 Å². The third-order valence-corrected chi connectivity index (χ3v) is 4.20. The Morgan fingerprint density at radius 2 is 2.20 bits per heavy atom. The standard InChI is InChI=1S/C17H18ClN5O2/c1-10-12-7-11(8-19-16(12)23(2)22-10)21-17(24)20-9-13-14(18)5-4-6-15(13)25-3/h4-8H,9H2,1-3H3,(H2,20,21,24). The Morgan fingerprint density at radius 1 is 1.40 bits per heavy atom. The highest BCUT2D eigenvalue weighted by atomic mass is 35.5. The van der Waals surface area contributed by atoms with Gasteiger partial charge in [-0.25, -0.2) is 9.78 Å². The van der Waals surface area contributed by atoms with Gasteiger partial charge in [0.05, 0.1) is 24.7 Å². The van der Waals surface area contributed by atoms with E-state index in [9.17, 15) is 4.79 Å². The predicted molar refractivity (Wildman–Crippen MR) is 97.1 cm³/mol. The van der Waals surface area contributed by atoms with Crippen molar-refractivity contribution in [3.8, 4) is 5.75 Å². The molecule has 3 rings (SSSR count). The fourth-order valence-electron chi connectivity index (χ4n) is 2.62. The van der Waals surface area contributed by atoms with Crippen molar-refractivity contribution in [1.82, 2.24) is 20.1 Å². The number of amides is 2. The van der Waals surface area contributed by atoms with E-state index in [0.717, 1.165) is 22.3 Å². The number of hydrogen-bond acceptors (Lipinski definition) is 4. The van der Waals surface area contributed by atoms with Gasteiger partial charge in [0.1, 0.15) is 5.75 Å². The molecule has 0 fully saturated rings. The molecule has 0 saturated heterocycles. The number of ether oxygens (including phenoxy) is 1. The van der Waals surface area contributed by atoms with Crippen molar-refractivity contribution in [3.63, 3.8) is 0 Å². The molecule has 3 aromatic rings. The molecule has 130 valence electrons. The molecule has 0 radical (unpaired) electrons. The average molecular weight is 360 g/mol. The number of halogens is 1. The maximum absolute atomic E-state index is 12.2. The van der Waals surface area contributed by atoms with Crippen LogP contribution < -0.4 is 15.4 Å². The molecule has 8 heteroatoms. The van der Waals surface area contributed by atoms with Crippen molar-refractivity contribution >= 4 is 34.4 Å². The molecule has 2 heterocycles. The lowest BCUT2D eigenvalue weighted by molar-refractivity contribution is 0.251. The second kappa shape index (κ2) is 6.98. The average Bonchev–Trinajstić information content (AvgIpc) is 2.87. The Hall–Kier alpha value is -2.80. The molecular formula is C17H18ClN5O2. The van der Waals surface area contributed by atoms with Gasteiger partial charge >= 0.3 is 6.03 Å². The lowest BCUT2D eigenvalue weighted by Gasteiger charge is -2.12. The second-order valence-electron chi connectivity index (χ2n) is 5.53. The van der Waals surface area contributed by atoms with Crippen LogP contribution in [-0.4, -0.2) is 27.9 Å². The van der Waals surface area contributed by atoms with E-state index in [0.29, 0.717) is 16.5 Å². The van der Waals surface area contributed by atoms with Gasteiger partial charge < -0.3 is 15.4 Å².